The Bertz CT molecular complexity index is 668. The summed E-state index contributed by atoms with van der Waals surface area (Å²) in [5.41, 5.74) is 4.13. The zero-order valence-electron chi connectivity index (χ0n) is 14.2. The summed E-state index contributed by atoms with van der Waals surface area (Å²) in [7, 11) is 4.08. The predicted octanol–water partition coefficient (Wildman–Crippen LogP) is 2.33. The average Bonchev–Trinajstić information content (AvgIpc) is 2.92. The van der Waals surface area contributed by atoms with Gasteiger partial charge in [-0.15, -0.1) is 0 Å². The van der Waals surface area contributed by atoms with Gasteiger partial charge in [0.25, 0.3) is 0 Å². The highest BCUT2D eigenvalue weighted by molar-refractivity contribution is 5.47. The van der Waals surface area contributed by atoms with Crippen molar-refractivity contribution in [2.45, 2.75) is 26.5 Å². The third kappa shape index (κ3) is 3.89. The fraction of sp³-hybridized carbons (Fsp3) is 0.529. The Morgan fingerprint density at radius 2 is 2.09 bits per heavy atom. The van der Waals surface area contributed by atoms with Gasteiger partial charge < -0.3 is 14.2 Å². The van der Waals surface area contributed by atoms with Crippen LogP contribution in [-0.2, 0) is 11.3 Å². The molecule has 1 aliphatic heterocycles. The van der Waals surface area contributed by atoms with E-state index in [1.165, 1.54) is 0 Å². The van der Waals surface area contributed by atoms with Crippen LogP contribution in [0.15, 0.2) is 22.7 Å². The van der Waals surface area contributed by atoms with E-state index in [1.54, 1.807) is 0 Å². The van der Waals surface area contributed by atoms with Gasteiger partial charge in [-0.05, 0) is 26.0 Å². The molecule has 0 unspecified atom stereocenters. The second-order valence-corrected chi connectivity index (χ2v) is 6.31. The van der Waals surface area contributed by atoms with E-state index in [4.69, 9.17) is 9.26 Å². The van der Waals surface area contributed by atoms with Crippen LogP contribution in [0.5, 0.6) is 0 Å². The van der Waals surface area contributed by atoms with Gasteiger partial charge >= 0.3 is 0 Å². The van der Waals surface area contributed by atoms with Crippen LogP contribution in [0.1, 0.15) is 28.9 Å². The minimum Gasteiger partial charge on any atom is -0.378 e. The first-order valence-corrected chi connectivity index (χ1v) is 7.93. The summed E-state index contributed by atoms with van der Waals surface area (Å²) in [5, 5.41) is 4.08. The number of hydrogen-bond acceptors (Lipinski definition) is 6. The minimum absolute atomic E-state index is 0.00431. The molecule has 3 heterocycles. The molecule has 0 aliphatic carbocycles. The molecular weight excluding hydrogens is 292 g/mol. The topological polar surface area (TPSA) is 54.6 Å². The van der Waals surface area contributed by atoms with Crippen molar-refractivity contribution in [2.75, 3.05) is 38.7 Å². The van der Waals surface area contributed by atoms with E-state index in [0.29, 0.717) is 6.61 Å². The van der Waals surface area contributed by atoms with Crippen LogP contribution in [0.3, 0.4) is 0 Å². The lowest BCUT2D eigenvalue weighted by Gasteiger charge is -2.32. The van der Waals surface area contributed by atoms with Crippen molar-refractivity contribution < 1.29 is 9.26 Å². The smallest absolute Gasteiger partial charge is 0.133 e. The molecule has 0 bridgehead atoms. The molecule has 2 aromatic rings. The fourth-order valence-electron chi connectivity index (χ4n) is 2.85. The Balaban J connectivity index is 1.73. The Labute approximate surface area is 137 Å². The van der Waals surface area contributed by atoms with Gasteiger partial charge in [-0.25, -0.2) is 0 Å². The highest BCUT2D eigenvalue weighted by Gasteiger charge is 2.24. The van der Waals surface area contributed by atoms with Crippen LogP contribution in [0, 0.1) is 13.8 Å². The van der Waals surface area contributed by atoms with Gasteiger partial charge in [0.05, 0.1) is 18.0 Å². The number of pyridine rings is 1. The number of morpholine rings is 1. The largest absolute Gasteiger partial charge is 0.378 e. The molecule has 3 rings (SSSR count). The Morgan fingerprint density at radius 3 is 2.78 bits per heavy atom. The zero-order chi connectivity index (χ0) is 16.4. The number of hydrogen-bond donors (Lipinski definition) is 0. The quantitative estimate of drug-likeness (QED) is 0.863. The van der Waals surface area contributed by atoms with Gasteiger partial charge in [-0.3, -0.25) is 9.88 Å². The molecule has 1 fully saturated rings. The van der Waals surface area contributed by atoms with Crippen LogP contribution in [0.4, 0.5) is 5.69 Å². The third-order valence-electron chi connectivity index (χ3n) is 4.02. The highest BCUT2D eigenvalue weighted by Crippen LogP contribution is 2.25. The lowest BCUT2D eigenvalue weighted by Crippen LogP contribution is -2.38. The zero-order valence-corrected chi connectivity index (χ0v) is 14.2. The number of aryl methyl sites for hydroxylation is 2. The fourth-order valence-corrected chi connectivity index (χ4v) is 2.85. The van der Waals surface area contributed by atoms with Gasteiger partial charge in [-0.2, -0.15) is 0 Å². The number of ether oxygens (including phenoxy) is 1. The number of nitrogens with zero attached hydrogens (tertiary/aromatic N) is 4. The van der Waals surface area contributed by atoms with Gasteiger partial charge in [0.15, 0.2) is 0 Å². The van der Waals surface area contributed by atoms with Crippen molar-refractivity contribution >= 4 is 5.69 Å². The van der Waals surface area contributed by atoms with E-state index in [1.807, 2.05) is 34.0 Å². The van der Waals surface area contributed by atoms with Crippen LogP contribution < -0.4 is 4.90 Å². The van der Waals surface area contributed by atoms with Crippen LogP contribution >= 0.6 is 0 Å². The molecular formula is C17H24N4O2. The van der Waals surface area contributed by atoms with Gasteiger partial charge in [-0.1, -0.05) is 5.16 Å². The normalized spacial score (nSPS) is 19.0. The maximum atomic E-state index is 5.96. The first-order valence-electron chi connectivity index (χ1n) is 7.93. The van der Waals surface area contributed by atoms with Gasteiger partial charge in [0, 0.05) is 51.2 Å². The molecule has 2 aromatic heterocycles. The Hall–Kier alpha value is -1.92. The number of anilines is 1. The predicted molar refractivity (Wildman–Crippen MR) is 88.5 cm³/mol. The number of rotatable bonds is 4. The summed E-state index contributed by atoms with van der Waals surface area (Å²) in [6.45, 7) is 7.13. The Kier molecular flexibility index (Phi) is 4.63. The van der Waals surface area contributed by atoms with Crippen molar-refractivity contribution in [1.82, 2.24) is 15.0 Å². The molecule has 1 saturated heterocycles. The van der Waals surface area contributed by atoms with E-state index in [9.17, 15) is 0 Å². The van der Waals surface area contributed by atoms with E-state index in [-0.39, 0.29) is 6.10 Å². The summed E-state index contributed by atoms with van der Waals surface area (Å²) in [6, 6.07) is 6.18. The molecule has 0 amide bonds. The molecule has 0 N–H and O–H groups in total. The van der Waals surface area contributed by atoms with Crippen LogP contribution in [0.25, 0.3) is 0 Å². The molecule has 23 heavy (non-hydrogen) atoms. The van der Waals surface area contributed by atoms with Crippen molar-refractivity contribution in [3.8, 4) is 0 Å². The highest BCUT2D eigenvalue weighted by atomic mass is 16.5. The molecule has 1 atom stereocenters. The Morgan fingerprint density at radius 1 is 1.26 bits per heavy atom. The van der Waals surface area contributed by atoms with Crippen molar-refractivity contribution in [1.29, 1.82) is 0 Å². The average molecular weight is 316 g/mol. The van der Waals surface area contributed by atoms with E-state index < -0.39 is 0 Å². The SMILES string of the molecule is Cc1cc(N(C)C)cc([C@@H]2CN(Cc3cc(C)on3)CCO2)n1. The number of aromatic nitrogens is 2. The maximum absolute atomic E-state index is 5.96. The lowest BCUT2D eigenvalue weighted by molar-refractivity contribution is -0.0355. The summed E-state index contributed by atoms with van der Waals surface area (Å²) in [4.78, 5) is 9.11. The molecule has 6 heteroatoms. The molecule has 0 aromatic carbocycles. The third-order valence-corrected chi connectivity index (χ3v) is 4.02. The summed E-state index contributed by atoms with van der Waals surface area (Å²) in [6.07, 6.45) is -0.00431. The molecule has 0 saturated carbocycles. The minimum atomic E-state index is -0.00431. The van der Waals surface area contributed by atoms with Crippen LogP contribution in [0.2, 0.25) is 0 Å². The molecule has 1 aliphatic rings. The second kappa shape index (κ2) is 6.68. The lowest BCUT2D eigenvalue weighted by atomic mass is 10.1. The van der Waals surface area contributed by atoms with E-state index in [0.717, 1.165) is 48.2 Å². The van der Waals surface area contributed by atoms with Crippen molar-refractivity contribution in [2.24, 2.45) is 0 Å². The molecule has 6 nitrogen and oxygen atoms in total. The molecule has 0 radical (unpaired) electrons. The maximum Gasteiger partial charge on any atom is 0.133 e. The van der Waals surface area contributed by atoms with E-state index >= 15 is 0 Å². The first-order chi connectivity index (χ1) is 11.0. The first kappa shape index (κ1) is 16.0. The summed E-state index contributed by atoms with van der Waals surface area (Å²) < 4.78 is 11.1. The van der Waals surface area contributed by atoms with Crippen LogP contribution in [-0.4, -0.2) is 48.8 Å². The monoisotopic (exact) mass is 316 g/mol. The second-order valence-electron chi connectivity index (χ2n) is 6.31. The van der Waals surface area contributed by atoms with Gasteiger partial charge in [0.2, 0.25) is 0 Å². The van der Waals surface area contributed by atoms with Crippen molar-refractivity contribution in [3.63, 3.8) is 0 Å². The van der Waals surface area contributed by atoms with Crippen molar-refractivity contribution in [3.05, 3.63) is 41.0 Å². The summed E-state index contributed by atoms with van der Waals surface area (Å²) >= 11 is 0. The molecule has 124 valence electrons. The van der Waals surface area contributed by atoms with Gasteiger partial charge in [0.1, 0.15) is 11.9 Å². The molecule has 0 spiro atoms. The standard InChI is InChI=1S/C17H24N4O2/c1-12-7-15(20(3)4)9-16(18-12)17-11-21(5-6-22-17)10-14-8-13(2)23-19-14/h7-9,17H,5-6,10-11H2,1-4H3/t17-/m0/s1. The van der Waals surface area contributed by atoms with E-state index in [2.05, 4.69) is 32.1 Å². The summed E-state index contributed by atoms with van der Waals surface area (Å²) in [5.74, 6) is 0.848.